The topological polar surface area (TPSA) is 43.4 Å². The second-order valence-corrected chi connectivity index (χ2v) is 12.9. The lowest BCUT2D eigenvalue weighted by molar-refractivity contribution is -0.178. The first-order valence-electron chi connectivity index (χ1n) is 12.3. The van der Waals surface area contributed by atoms with Gasteiger partial charge in [0.15, 0.2) is 5.78 Å². The van der Waals surface area contributed by atoms with Crippen molar-refractivity contribution in [2.75, 3.05) is 0 Å². The quantitative estimate of drug-likeness (QED) is 0.562. The number of hydrogen-bond donors (Lipinski definition) is 0. The minimum atomic E-state index is -0.133. The van der Waals surface area contributed by atoms with Crippen LogP contribution in [0.5, 0.6) is 0 Å². The Labute approximate surface area is 173 Å². The van der Waals surface area contributed by atoms with Gasteiger partial charge in [-0.3, -0.25) is 9.59 Å². The van der Waals surface area contributed by atoms with Gasteiger partial charge in [0.25, 0.3) is 0 Å². The molecule has 10 atom stereocenters. The first kappa shape index (κ1) is 16.6. The first-order valence-corrected chi connectivity index (χ1v) is 12.3. The predicted octanol–water partition coefficient (Wildman–Crippen LogP) is 4.70. The standard InChI is InChI=1S/C26H32O3/c1-23-12-25(7-8-25)19(27)11-17(23)13-9-14(13)21-16(23)3-5-24(2)22(21)15-10-18(15)26(24)6-4-20(28)29-26/h11,13-16,18,21-22H,3-10,12H2,1-2H3/t13-,14?,15?,16?,18?,21?,22?,23-,24+,26+/m1/s1. The Hall–Kier alpha value is -1.12. The van der Waals surface area contributed by atoms with E-state index in [0.29, 0.717) is 24.0 Å². The Balaban J connectivity index is 1.24. The highest BCUT2D eigenvalue weighted by atomic mass is 16.6. The molecule has 0 radical (unpaired) electrons. The fourth-order valence-electron chi connectivity index (χ4n) is 10.7. The number of esters is 1. The van der Waals surface area contributed by atoms with E-state index in [1.54, 1.807) is 5.57 Å². The number of ketones is 1. The summed E-state index contributed by atoms with van der Waals surface area (Å²) < 4.78 is 6.26. The Kier molecular flexibility index (Phi) is 2.52. The Bertz CT molecular complexity index is 928. The van der Waals surface area contributed by atoms with Crippen LogP contribution in [0.4, 0.5) is 0 Å². The molecule has 29 heavy (non-hydrogen) atoms. The van der Waals surface area contributed by atoms with Crippen LogP contribution in [0.15, 0.2) is 11.6 Å². The van der Waals surface area contributed by atoms with E-state index < -0.39 is 0 Å². The molecular weight excluding hydrogens is 360 g/mol. The van der Waals surface area contributed by atoms with Crippen LogP contribution < -0.4 is 0 Å². The number of rotatable bonds is 0. The van der Waals surface area contributed by atoms with Gasteiger partial charge in [-0.2, -0.15) is 0 Å². The third kappa shape index (κ3) is 1.60. The van der Waals surface area contributed by atoms with E-state index in [-0.39, 0.29) is 27.8 Å². The maximum atomic E-state index is 12.9. The van der Waals surface area contributed by atoms with E-state index in [9.17, 15) is 9.59 Å². The van der Waals surface area contributed by atoms with Crippen LogP contribution in [0, 0.1) is 57.7 Å². The van der Waals surface area contributed by atoms with Crippen molar-refractivity contribution in [2.24, 2.45) is 57.7 Å². The van der Waals surface area contributed by atoms with Crippen molar-refractivity contribution in [3.63, 3.8) is 0 Å². The zero-order valence-electron chi connectivity index (χ0n) is 17.7. The van der Waals surface area contributed by atoms with Gasteiger partial charge in [0.1, 0.15) is 5.60 Å². The first-order chi connectivity index (χ1) is 13.8. The Morgan fingerprint density at radius 2 is 1.83 bits per heavy atom. The lowest BCUT2D eigenvalue weighted by atomic mass is 9.44. The number of hydrogen-bond acceptors (Lipinski definition) is 3. The maximum Gasteiger partial charge on any atom is 0.306 e. The predicted molar refractivity (Wildman–Crippen MR) is 107 cm³/mol. The summed E-state index contributed by atoms with van der Waals surface area (Å²) in [7, 11) is 0. The fourth-order valence-corrected chi connectivity index (χ4v) is 10.7. The van der Waals surface area contributed by atoms with Crippen molar-refractivity contribution in [3.8, 4) is 0 Å². The monoisotopic (exact) mass is 392 g/mol. The smallest absolute Gasteiger partial charge is 0.306 e. The summed E-state index contributed by atoms with van der Waals surface area (Å²) in [5.41, 5.74) is 1.89. The van der Waals surface area contributed by atoms with Crippen LogP contribution in [-0.2, 0) is 14.3 Å². The van der Waals surface area contributed by atoms with Crippen LogP contribution in [0.2, 0.25) is 0 Å². The zero-order chi connectivity index (χ0) is 19.6. The Morgan fingerprint density at radius 1 is 1.00 bits per heavy atom. The minimum absolute atomic E-state index is 0.0191. The lowest BCUT2D eigenvalue weighted by Gasteiger charge is -2.60. The van der Waals surface area contributed by atoms with Gasteiger partial charge in [-0.1, -0.05) is 19.4 Å². The summed E-state index contributed by atoms with van der Waals surface area (Å²) in [5, 5.41) is 0. The van der Waals surface area contributed by atoms with Gasteiger partial charge in [-0.15, -0.1) is 0 Å². The summed E-state index contributed by atoms with van der Waals surface area (Å²) in [5.74, 6) is 5.76. The van der Waals surface area contributed by atoms with Crippen LogP contribution in [0.1, 0.15) is 71.6 Å². The van der Waals surface area contributed by atoms with E-state index in [1.807, 2.05) is 0 Å². The van der Waals surface area contributed by atoms with Crippen LogP contribution in [-0.4, -0.2) is 17.4 Å². The zero-order valence-corrected chi connectivity index (χ0v) is 17.7. The van der Waals surface area contributed by atoms with Gasteiger partial charge in [-0.05, 0) is 98.4 Å². The van der Waals surface area contributed by atoms with Crippen molar-refractivity contribution in [1.29, 1.82) is 0 Å². The van der Waals surface area contributed by atoms with Crippen molar-refractivity contribution < 1.29 is 14.3 Å². The molecular formula is C26H32O3. The molecule has 7 fully saturated rings. The molecule has 0 aromatic rings. The minimum Gasteiger partial charge on any atom is -0.458 e. The van der Waals surface area contributed by atoms with Gasteiger partial charge in [0, 0.05) is 23.2 Å². The maximum absolute atomic E-state index is 12.9. The van der Waals surface area contributed by atoms with E-state index in [0.717, 1.165) is 55.3 Å². The molecule has 6 unspecified atom stereocenters. The van der Waals surface area contributed by atoms with E-state index in [4.69, 9.17) is 4.74 Å². The van der Waals surface area contributed by atoms with Crippen molar-refractivity contribution >= 4 is 11.8 Å². The van der Waals surface area contributed by atoms with E-state index in [2.05, 4.69) is 19.9 Å². The highest BCUT2D eigenvalue weighted by Gasteiger charge is 2.81. The highest BCUT2D eigenvalue weighted by molar-refractivity contribution is 5.99. The third-order valence-electron chi connectivity index (χ3n) is 12.0. The largest absolute Gasteiger partial charge is 0.458 e. The van der Waals surface area contributed by atoms with Gasteiger partial charge in [0.2, 0.25) is 0 Å². The fraction of sp³-hybridized carbons (Fsp3) is 0.846. The highest BCUT2D eigenvalue weighted by Crippen LogP contribution is 2.83. The number of carbonyl (C=O) groups is 2. The molecule has 3 heteroatoms. The average Bonchev–Trinajstić information content (AvgIpc) is 3.58. The molecule has 0 aromatic carbocycles. The summed E-state index contributed by atoms with van der Waals surface area (Å²) in [4.78, 5) is 25.1. The van der Waals surface area contributed by atoms with Crippen LogP contribution >= 0.6 is 0 Å². The molecule has 7 aliphatic carbocycles. The summed E-state index contributed by atoms with van der Waals surface area (Å²) in [6.07, 6.45) is 12.3. The van der Waals surface area contributed by atoms with Crippen LogP contribution in [0.25, 0.3) is 0 Å². The van der Waals surface area contributed by atoms with Crippen molar-refractivity contribution in [3.05, 3.63) is 11.6 Å². The van der Waals surface area contributed by atoms with Gasteiger partial charge >= 0.3 is 5.97 Å². The molecule has 1 aliphatic heterocycles. The normalized spacial score (nSPS) is 61.9. The van der Waals surface area contributed by atoms with Gasteiger partial charge in [-0.25, -0.2) is 0 Å². The lowest BCUT2D eigenvalue weighted by Crippen LogP contribution is -2.58. The molecule has 6 saturated carbocycles. The van der Waals surface area contributed by atoms with Crippen molar-refractivity contribution in [1.82, 2.24) is 0 Å². The number of allylic oxidation sites excluding steroid dienone is 1. The molecule has 8 aliphatic rings. The third-order valence-corrected chi connectivity index (χ3v) is 12.0. The second-order valence-electron chi connectivity index (χ2n) is 12.9. The SMILES string of the molecule is C[C@]12CC3(CC3)C(=O)C=C1[C@@H]1CC1C1C2CC[C@@]2(C)C1C1CC1[C@@]21CCC(=O)O1. The molecule has 3 nitrogen and oxygen atoms in total. The number of carbonyl (C=O) groups excluding carboxylic acids is 2. The number of ether oxygens (including phenoxy) is 1. The molecule has 2 spiro atoms. The van der Waals surface area contributed by atoms with Gasteiger partial charge < -0.3 is 4.74 Å². The van der Waals surface area contributed by atoms with Gasteiger partial charge in [0.05, 0.1) is 0 Å². The van der Waals surface area contributed by atoms with Crippen molar-refractivity contribution in [2.45, 2.75) is 77.2 Å². The average molecular weight is 393 g/mol. The summed E-state index contributed by atoms with van der Waals surface area (Å²) >= 11 is 0. The molecule has 154 valence electrons. The molecule has 0 N–H and O–H groups in total. The molecule has 1 saturated heterocycles. The van der Waals surface area contributed by atoms with E-state index >= 15 is 0 Å². The number of fused-ring (bicyclic) bond motifs is 12. The summed E-state index contributed by atoms with van der Waals surface area (Å²) in [6.45, 7) is 5.06. The molecule has 0 aromatic heterocycles. The Morgan fingerprint density at radius 3 is 2.55 bits per heavy atom. The molecule has 1 heterocycles. The van der Waals surface area contributed by atoms with E-state index in [1.165, 1.54) is 25.7 Å². The summed E-state index contributed by atoms with van der Waals surface area (Å²) in [6, 6.07) is 0. The second kappa shape index (κ2) is 4.41. The molecule has 0 amide bonds. The molecule has 8 rings (SSSR count). The molecule has 0 bridgehead atoms. The van der Waals surface area contributed by atoms with Crippen LogP contribution in [0.3, 0.4) is 0 Å².